The molecule has 0 saturated carbocycles. The molecule has 2 aromatic carbocycles. The molecule has 1 saturated heterocycles. The van der Waals surface area contributed by atoms with E-state index in [1.54, 1.807) is 6.21 Å². The minimum absolute atomic E-state index is 0.0387. The van der Waals surface area contributed by atoms with E-state index in [9.17, 15) is 9.59 Å². The predicted molar refractivity (Wildman–Crippen MR) is 84.0 cm³/mol. The monoisotopic (exact) mass is 294 g/mol. The highest BCUT2D eigenvalue weighted by Crippen LogP contribution is 2.16. The number of anilines is 2. The summed E-state index contributed by atoms with van der Waals surface area (Å²) in [5.74, 6) is -0.343. The van der Waals surface area contributed by atoms with Crippen LogP contribution in [0.3, 0.4) is 0 Å². The van der Waals surface area contributed by atoms with E-state index >= 15 is 0 Å². The first-order valence-corrected chi connectivity index (χ1v) is 6.78. The molecule has 3 amide bonds. The summed E-state index contributed by atoms with van der Waals surface area (Å²) in [6.45, 7) is -0.0387. The molecule has 3 rings (SSSR count). The number of amides is 3. The smallest absolute Gasteiger partial charge is 0.344 e. The van der Waals surface area contributed by atoms with E-state index in [-0.39, 0.29) is 12.5 Å². The van der Waals surface area contributed by atoms with Crippen LogP contribution in [0.5, 0.6) is 0 Å². The Kier molecular flexibility index (Phi) is 3.82. The minimum Gasteiger partial charge on any atom is -0.356 e. The maximum absolute atomic E-state index is 11.3. The van der Waals surface area contributed by atoms with E-state index < -0.39 is 6.03 Å². The van der Waals surface area contributed by atoms with E-state index in [1.165, 1.54) is 0 Å². The second-order valence-corrected chi connectivity index (χ2v) is 4.77. The largest absolute Gasteiger partial charge is 0.356 e. The van der Waals surface area contributed by atoms with E-state index in [2.05, 4.69) is 15.7 Å². The van der Waals surface area contributed by atoms with Crippen LogP contribution in [0.15, 0.2) is 59.7 Å². The summed E-state index contributed by atoms with van der Waals surface area (Å²) >= 11 is 0. The average Bonchev–Trinajstić information content (AvgIpc) is 2.85. The third-order valence-corrected chi connectivity index (χ3v) is 3.09. The average molecular weight is 294 g/mol. The number of hydrogen-bond donors (Lipinski definition) is 2. The molecule has 22 heavy (non-hydrogen) atoms. The van der Waals surface area contributed by atoms with Crippen LogP contribution < -0.4 is 10.6 Å². The number of carbonyl (C=O) groups is 2. The minimum atomic E-state index is -0.497. The topological polar surface area (TPSA) is 73.8 Å². The van der Waals surface area contributed by atoms with Crippen molar-refractivity contribution in [3.8, 4) is 0 Å². The molecule has 2 N–H and O–H groups in total. The van der Waals surface area contributed by atoms with Gasteiger partial charge in [0, 0.05) is 11.4 Å². The number of imide groups is 1. The standard InChI is InChI=1S/C16H14N4O2/c21-15-11-20(16(22)19-15)17-10-12-6-8-14(9-7-12)18-13-4-2-1-3-5-13/h1-10,18H,11H2,(H,19,21,22)/b17-10-. The molecule has 0 radical (unpaired) electrons. The molecule has 0 unspecified atom stereocenters. The van der Waals surface area contributed by atoms with Gasteiger partial charge < -0.3 is 5.32 Å². The Morgan fingerprint density at radius 2 is 1.68 bits per heavy atom. The molecule has 1 aliphatic heterocycles. The fraction of sp³-hybridized carbons (Fsp3) is 0.0625. The SMILES string of the molecule is O=C1CN(/N=C\c2ccc(Nc3ccccc3)cc2)C(=O)N1. The molecule has 2 aromatic rings. The fourth-order valence-corrected chi connectivity index (χ4v) is 2.00. The van der Waals surface area contributed by atoms with Crippen molar-refractivity contribution in [3.05, 3.63) is 60.2 Å². The first-order valence-electron chi connectivity index (χ1n) is 6.78. The summed E-state index contributed by atoms with van der Waals surface area (Å²) in [7, 11) is 0. The summed E-state index contributed by atoms with van der Waals surface area (Å²) in [4.78, 5) is 22.4. The van der Waals surface area contributed by atoms with Crippen molar-refractivity contribution in [2.24, 2.45) is 5.10 Å². The molecular formula is C16H14N4O2. The van der Waals surface area contributed by atoms with Crippen LogP contribution in [0.4, 0.5) is 16.2 Å². The Labute approximate surface area is 127 Å². The van der Waals surface area contributed by atoms with Crippen LogP contribution >= 0.6 is 0 Å². The van der Waals surface area contributed by atoms with Gasteiger partial charge in [0.05, 0.1) is 6.21 Å². The highest BCUT2D eigenvalue weighted by atomic mass is 16.2. The number of carbonyl (C=O) groups excluding carboxylic acids is 2. The lowest BCUT2D eigenvalue weighted by Crippen LogP contribution is -2.24. The van der Waals surface area contributed by atoms with Gasteiger partial charge in [-0.1, -0.05) is 30.3 Å². The molecule has 0 aromatic heterocycles. The van der Waals surface area contributed by atoms with Gasteiger partial charge in [0.2, 0.25) is 5.91 Å². The Bertz CT molecular complexity index is 711. The first-order chi connectivity index (χ1) is 10.7. The first kappa shape index (κ1) is 13.8. The third-order valence-electron chi connectivity index (χ3n) is 3.09. The lowest BCUT2D eigenvalue weighted by Gasteiger charge is -2.07. The van der Waals surface area contributed by atoms with E-state index in [4.69, 9.17) is 0 Å². The number of hydrogen-bond acceptors (Lipinski definition) is 4. The van der Waals surface area contributed by atoms with E-state index in [0.717, 1.165) is 21.9 Å². The zero-order chi connectivity index (χ0) is 15.4. The van der Waals surface area contributed by atoms with E-state index in [1.807, 2.05) is 54.6 Å². The van der Waals surface area contributed by atoms with Gasteiger partial charge in [-0.05, 0) is 29.8 Å². The van der Waals surface area contributed by atoms with Gasteiger partial charge >= 0.3 is 6.03 Å². The van der Waals surface area contributed by atoms with Crippen LogP contribution in [0, 0.1) is 0 Å². The number of hydrazone groups is 1. The van der Waals surface area contributed by atoms with Gasteiger partial charge in [-0.2, -0.15) is 5.10 Å². The Balaban J connectivity index is 1.64. The number of urea groups is 1. The van der Waals surface area contributed by atoms with Crippen molar-refractivity contribution >= 4 is 29.5 Å². The van der Waals surface area contributed by atoms with Crippen LogP contribution in [0.1, 0.15) is 5.56 Å². The number of para-hydroxylation sites is 1. The van der Waals surface area contributed by atoms with Crippen LogP contribution in [-0.4, -0.2) is 29.7 Å². The van der Waals surface area contributed by atoms with Crippen molar-refractivity contribution < 1.29 is 9.59 Å². The molecule has 0 bridgehead atoms. The molecule has 6 heteroatoms. The maximum atomic E-state index is 11.3. The number of benzene rings is 2. The summed E-state index contributed by atoms with van der Waals surface area (Å²) in [5.41, 5.74) is 2.80. The Hall–Kier alpha value is -3.15. The van der Waals surface area contributed by atoms with E-state index in [0.29, 0.717) is 0 Å². The Morgan fingerprint density at radius 3 is 2.32 bits per heavy atom. The van der Waals surface area contributed by atoms with Gasteiger partial charge in [0.15, 0.2) is 0 Å². The van der Waals surface area contributed by atoms with Crippen molar-refractivity contribution in [1.29, 1.82) is 0 Å². The molecule has 110 valence electrons. The molecule has 0 atom stereocenters. The number of rotatable bonds is 4. The number of nitrogens with one attached hydrogen (secondary N) is 2. The molecule has 0 spiro atoms. The normalized spacial score (nSPS) is 14.5. The Morgan fingerprint density at radius 1 is 1.00 bits per heavy atom. The second kappa shape index (κ2) is 6.09. The van der Waals surface area contributed by atoms with Crippen molar-refractivity contribution in [3.63, 3.8) is 0 Å². The van der Waals surface area contributed by atoms with Gasteiger partial charge in [0.25, 0.3) is 0 Å². The lowest BCUT2D eigenvalue weighted by molar-refractivity contribution is -0.118. The molecular weight excluding hydrogens is 280 g/mol. The molecule has 0 aliphatic carbocycles. The van der Waals surface area contributed by atoms with Crippen LogP contribution in [0.25, 0.3) is 0 Å². The maximum Gasteiger partial charge on any atom is 0.344 e. The van der Waals surface area contributed by atoms with Crippen molar-refractivity contribution in [2.75, 3.05) is 11.9 Å². The lowest BCUT2D eigenvalue weighted by atomic mass is 10.2. The molecule has 1 fully saturated rings. The summed E-state index contributed by atoms with van der Waals surface area (Å²) < 4.78 is 0. The summed E-state index contributed by atoms with van der Waals surface area (Å²) in [6.07, 6.45) is 1.55. The van der Waals surface area contributed by atoms with Gasteiger partial charge in [0.1, 0.15) is 6.54 Å². The zero-order valence-electron chi connectivity index (χ0n) is 11.7. The third kappa shape index (κ3) is 3.29. The molecule has 1 aliphatic rings. The van der Waals surface area contributed by atoms with Crippen molar-refractivity contribution in [1.82, 2.24) is 10.3 Å². The fourth-order valence-electron chi connectivity index (χ4n) is 2.00. The molecule has 6 nitrogen and oxygen atoms in total. The van der Waals surface area contributed by atoms with Crippen LogP contribution in [0.2, 0.25) is 0 Å². The molecule has 1 heterocycles. The highest BCUT2D eigenvalue weighted by molar-refractivity contribution is 6.02. The highest BCUT2D eigenvalue weighted by Gasteiger charge is 2.25. The predicted octanol–water partition coefficient (Wildman–Crippen LogP) is 2.32. The van der Waals surface area contributed by atoms with Gasteiger partial charge in [-0.25, -0.2) is 9.80 Å². The van der Waals surface area contributed by atoms with Crippen LogP contribution in [-0.2, 0) is 4.79 Å². The zero-order valence-corrected chi connectivity index (χ0v) is 11.7. The quantitative estimate of drug-likeness (QED) is 0.671. The second-order valence-electron chi connectivity index (χ2n) is 4.77. The van der Waals surface area contributed by atoms with Crippen molar-refractivity contribution in [2.45, 2.75) is 0 Å². The van der Waals surface area contributed by atoms with Gasteiger partial charge in [-0.3, -0.25) is 10.1 Å². The number of nitrogens with zero attached hydrogens (tertiary/aromatic N) is 2. The summed E-state index contributed by atoms with van der Waals surface area (Å²) in [5, 5.41) is 10.5. The van der Waals surface area contributed by atoms with Gasteiger partial charge in [-0.15, -0.1) is 0 Å². The summed E-state index contributed by atoms with van der Waals surface area (Å²) in [6, 6.07) is 17.0.